The maximum Gasteiger partial charge on any atom is 0.321 e. The Hall–Kier alpha value is -0.260. The summed E-state index contributed by atoms with van der Waals surface area (Å²) < 4.78 is 0. The standard InChI is InChI=1S/C6H14N2O2S/c1-4(2-7)11-3-5(8)6(9)10/h4-5H,2-3,7-8H2,1H3,(H,9,10). The first-order chi connectivity index (χ1) is 5.07. The van der Waals surface area contributed by atoms with E-state index >= 15 is 0 Å². The molecule has 11 heavy (non-hydrogen) atoms. The van der Waals surface area contributed by atoms with E-state index in [4.69, 9.17) is 16.6 Å². The molecule has 0 amide bonds. The first kappa shape index (κ1) is 10.7. The van der Waals surface area contributed by atoms with E-state index in [1.54, 1.807) is 0 Å². The van der Waals surface area contributed by atoms with Crippen LogP contribution in [0.25, 0.3) is 0 Å². The van der Waals surface area contributed by atoms with Gasteiger partial charge in [-0.3, -0.25) is 4.79 Å². The molecule has 5 N–H and O–H groups in total. The van der Waals surface area contributed by atoms with Crippen molar-refractivity contribution in [1.82, 2.24) is 0 Å². The summed E-state index contributed by atoms with van der Waals surface area (Å²) in [7, 11) is 0. The van der Waals surface area contributed by atoms with Gasteiger partial charge in [-0.2, -0.15) is 11.8 Å². The molecule has 2 atom stereocenters. The third-order valence-electron chi connectivity index (χ3n) is 1.21. The number of carbonyl (C=O) groups is 1. The zero-order valence-electron chi connectivity index (χ0n) is 6.49. The van der Waals surface area contributed by atoms with E-state index in [0.717, 1.165) is 0 Å². The predicted octanol–water partition coefficient (Wildman–Crippen LogP) is -0.521. The summed E-state index contributed by atoms with van der Waals surface area (Å²) in [5.41, 5.74) is 10.6. The lowest BCUT2D eigenvalue weighted by Crippen LogP contribution is -2.33. The Labute approximate surface area is 70.3 Å². The second-order valence-electron chi connectivity index (χ2n) is 2.32. The third-order valence-corrected chi connectivity index (χ3v) is 2.52. The summed E-state index contributed by atoms with van der Waals surface area (Å²) in [6.45, 7) is 2.50. The van der Waals surface area contributed by atoms with Gasteiger partial charge in [0.25, 0.3) is 0 Å². The minimum atomic E-state index is -0.957. The molecule has 0 heterocycles. The molecule has 0 aliphatic carbocycles. The second kappa shape index (κ2) is 5.40. The van der Waals surface area contributed by atoms with Gasteiger partial charge in [-0.1, -0.05) is 6.92 Å². The van der Waals surface area contributed by atoms with Crippen LogP contribution in [0, 0.1) is 0 Å². The van der Waals surface area contributed by atoms with Crippen molar-refractivity contribution in [2.75, 3.05) is 12.3 Å². The summed E-state index contributed by atoms with van der Waals surface area (Å²) in [5, 5.41) is 8.68. The monoisotopic (exact) mass is 178 g/mol. The van der Waals surface area contributed by atoms with Gasteiger partial charge in [0, 0.05) is 17.5 Å². The van der Waals surface area contributed by atoms with Gasteiger partial charge in [0.15, 0.2) is 0 Å². The molecule has 5 heteroatoms. The van der Waals surface area contributed by atoms with Crippen LogP contribution >= 0.6 is 11.8 Å². The minimum absolute atomic E-state index is 0.278. The first-order valence-electron chi connectivity index (χ1n) is 3.38. The fourth-order valence-electron chi connectivity index (χ4n) is 0.407. The van der Waals surface area contributed by atoms with Crippen LogP contribution in [-0.2, 0) is 4.79 Å². The molecule has 0 spiro atoms. The number of hydrogen-bond acceptors (Lipinski definition) is 4. The van der Waals surface area contributed by atoms with Gasteiger partial charge in [-0.25, -0.2) is 0 Å². The van der Waals surface area contributed by atoms with E-state index < -0.39 is 12.0 Å². The van der Waals surface area contributed by atoms with Crippen LogP contribution in [0.5, 0.6) is 0 Å². The molecule has 66 valence electrons. The topological polar surface area (TPSA) is 89.3 Å². The molecule has 0 saturated heterocycles. The van der Waals surface area contributed by atoms with E-state index in [2.05, 4.69) is 0 Å². The SMILES string of the molecule is CC(CN)SCC(N)C(=O)O. The van der Waals surface area contributed by atoms with Crippen LogP contribution in [0.2, 0.25) is 0 Å². The van der Waals surface area contributed by atoms with Crippen molar-refractivity contribution in [2.24, 2.45) is 11.5 Å². The highest BCUT2D eigenvalue weighted by molar-refractivity contribution is 7.99. The Morgan fingerprint density at radius 1 is 1.73 bits per heavy atom. The Bertz CT molecular complexity index is 132. The molecule has 0 saturated carbocycles. The van der Waals surface area contributed by atoms with Gasteiger partial charge in [0.2, 0.25) is 0 Å². The molecule has 0 rings (SSSR count). The number of aliphatic carboxylic acids is 1. The second-order valence-corrected chi connectivity index (χ2v) is 3.80. The van der Waals surface area contributed by atoms with Crippen molar-refractivity contribution in [3.05, 3.63) is 0 Å². The van der Waals surface area contributed by atoms with Crippen LogP contribution in [0.3, 0.4) is 0 Å². The van der Waals surface area contributed by atoms with Crippen molar-refractivity contribution < 1.29 is 9.90 Å². The van der Waals surface area contributed by atoms with E-state index in [-0.39, 0.29) is 5.25 Å². The van der Waals surface area contributed by atoms with E-state index in [0.29, 0.717) is 12.3 Å². The molecule has 0 radical (unpaired) electrons. The summed E-state index contributed by atoms with van der Waals surface area (Å²) in [6.07, 6.45) is 0. The highest BCUT2D eigenvalue weighted by atomic mass is 32.2. The van der Waals surface area contributed by atoms with Crippen molar-refractivity contribution in [3.63, 3.8) is 0 Å². The molecule has 4 nitrogen and oxygen atoms in total. The van der Waals surface area contributed by atoms with Gasteiger partial charge in [-0.15, -0.1) is 0 Å². The zero-order chi connectivity index (χ0) is 8.85. The summed E-state index contributed by atoms with van der Waals surface area (Å²) in [6, 6.07) is -0.769. The number of carboxylic acid groups (broad SMARTS) is 1. The number of carboxylic acids is 1. The highest BCUT2D eigenvalue weighted by Crippen LogP contribution is 2.09. The molecule has 0 aromatic rings. The lowest BCUT2D eigenvalue weighted by atomic mass is 10.4. The average Bonchev–Trinajstić information content (AvgIpc) is 1.99. The quantitative estimate of drug-likeness (QED) is 0.527. The van der Waals surface area contributed by atoms with Gasteiger partial charge in [-0.05, 0) is 0 Å². The van der Waals surface area contributed by atoms with Crippen LogP contribution in [0.15, 0.2) is 0 Å². The molecule has 2 unspecified atom stereocenters. The van der Waals surface area contributed by atoms with Gasteiger partial charge < -0.3 is 16.6 Å². The first-order valence-corrected chi connectivity index (χ1v) is 4.42. The van der Waals surface area contributed by atoms with Crippen molar-refractivity contribution in [1.29, 1.82) is 0 Å². The van der Waals surface area contributed by atoms with Crippen LogP contribution in [0.1, 0.15) is 6.92 Å². The number of nitrogens with two attached hydrogens (primary N) is 2. The van der Waals surface area contributed by atoms with Gasteiger partial charge in [0.05, 0.1) is 0 Å². The molecular weight excluding hydrogens is 164 g/mol. The average molecular weight is 178 g/mol. The van der Waals surface area contributed by atoms with Crippen molar-refractivity contribution in [2.45, 2.75) is 18.2 Å². The zero-order valence-corrected chi connectivity index (χ0v) is 7.30. The van der Waals surface area contributed by atoms with Crippen LogP contribution < -0.4 is 11.5 Å². The predicted molar refractivity (Wildman–Crippen MR) is 46.6 cm³/mol. The Morgan fingerprint density at radius 2 is 2.27 bits per heavy atom. The minimum Gasteiger partial charge on any atom is -0.480 e. The molecule has 0 aliphatic heterocycles. The number of thioether (sulfide) groups is 1. The smallest absolute Gasteiger partial charge is 0.321 e. The lowest BCUT2D eigenvalue weighted by molar-refractivity contribution is -0.137. The van der Waals surface area contributed by atoms with Crippen LogP contribution in [-0.4, -0.2) is 34.7 Å². The third kappa shape index (κ3) is 5.06. The van der Waals surface area contributed by atoms with Gasteiger partial charge >= 0.3 is 5.97 Å². The fourth-order valence-corrected chi connectivity index (χ4v) is 1.22. The molecule has 0 aromatic heterocycles. The number of hydrogen-bond donors (Lipinski definition) is 3. The summed E-state index contributed by atoms with van der Waals surface area (Å²) in [5.74, 6) is -0.532. The maximum atomic E-state index is 10.2. The van der Waals surface area contributed by atoms with Crippen molar-refractivity contribution >= 4 is 17.7 Å². The molecule has 0 fully saturated rings. The van der Waals surface area contributed by atoms with E-state index in [9.17, 15) is 4.79 Å². The van der Waals surface area contributed by atoms with Crippen LogP contribution in [0.4, 0.5) is 0 Å². The van der Waals surface area contributed by atoms with E-state index in [1.807, 2.05) is 6.92 Å². The Kier molecular flexibility index (Phi) is 5.27. The van der Waals surface area contributed by atoms with E-state index in [1.165, 1.54) is 11.8 Å². The van der Waals surface area contributed by atoms with Gasteiger partial charge in [0.1, 0.15) is 6.04 Å². The maximum absolute atomic E-state index is 10.2. The summed E-state index contributed by atoms with van der Waals surface area (Å²) in [4.78, 5) is 10.2. The Morgan fingerprint density at radius 3 is 2.64 bits per heavy atom. The number of rotatable bonds is 5. The Balaban J connectivity index is 3.45. The molecule has 0 aliphatic rings. The molecule has 0 aromatic carbocycles. The van der Waals surface area contributed by atoms with Crippen molar-refractivity contribution in [3.8, 4) is 0 Å². The highest BCUT2D eigenvalue weighted by Gasteiger charge is 2.12. The summed E-state index contributed by atoms with van der Waals surface area (Å²) >= 11 is 1.48. The normalized spacial score (nSPS) is 15.9. The molecular formula is C6H14N2O2S. The fraction of sp³-hybridized carbons (Fsp3) is 0.833. The largest absolute Gasteiger partial charge is 0.480 e. The lowest BCUT2D eigenvalue weighted by Gasteiger charge is -2.09. The molecule has 0 bridgehead atoms.